The van der Waals surface area contributed by atoms with Crippen LogP contribution in [0.3, 0.4) is 0 Å². The number of carbonyl (C=O) groups excluding carboxylic acids is 2. The number of aromatic nitrogens is 1. The number of rotatable bonds is 9. The number of nitrogens with zero attached hydrogens (tertiary/aromatic N) is 2. The van der Waals surface area contributed by atoms with Crippen molar-refractivity contribution in [2.45, 2.75) is 39.2 Å². The van der Waals surface area contributed by atoms with Crippen molar-refractivity contribution >= 4 is 28.9 Å². The fourth-order valence-electron chi connectivity index (χ4n) is 3.46. The Balaban J connectivity index is 1.88. The lowest BCUT2D eigenvalue weighted by Crippen LogP contribution is -2.26. The average molecular weight is 526 g/mol. The third-order valence-electron chi connectivity index (χ3n) is 5.24. The summed E-state index contributed by atoms with van der Waals surface area (Å²) in [6.45, 7) is 5.66. The molecule has 0 aliphatic carbocycles. The van der Waals surface area contributed by atoms with Crippen LogP contribution in [-0.4, -0.2) is 35.7 Å². The predicted octanol–water partition coefficient (Wildman–Crippen LogP) is 4.40. The van der Waals surface area contributed by atoms with Crippen molar-refractivity contribution < 1.29 is 27.8 Å². The molecule has 1 aromatic heterocycles. The molecule has 5 N–H and O–H groups in total. The van der Waals surface area contributed by atoms with Crippen molar-refractivity contribution in [1.29, 1.82) is 0 Å². The number of pyridine rings is 1. The number of amides is 2. The number of ether oxygens (including phenoxy) is 2. The summed E-state index contributed by atoms with van der Waals surface area (Å²) in [4.78, 5) is 32.9. The van der Waals surface area contributed by atoms with Gasteiger partial charge in [0, 0.05) is 30.1 Å². The number of benzene rings is 2. The number of hydrogen-bond donors (Lipinski definition) is 3. The highest BCUT2D eigenvalue weighted by Gasteiger charge is 2.19. The number of alkyl halides is 2. The smallest absolute Gasteiger partial charge is 0.267 e. The van der Waals surface area contributed by atoms with Crippen LogP contribution in [0.1, 0.15) is 48.7 Å². The number of hydrogen-bond acceptors (Lipinski definition) is 7. The lowest BCUT2D eigenvalue weighted by molar-refractivity contribution is -0.119. The summed E-state index contributed by atoms with van der Waals surface area (Å²) in [5.74, 6) is -0.894. The second-order valence-electron chi connectivity index (χ2n) is 9.29. The molecule has 0 unspecified atom stereocenters. The fourth-order valence-corrected chi connectivity index (χ4v) is 3.46. The zero-order valence-corrected chi connectivity index (χ0v) is 21.4. The van der Waals surface area contributed by atoms with E-state index in [0.717, 1.165) is 0 Å². The Bertz CT molecular complexity index is 1410. The standard InChI is InChI=1S/C27H29F2N5O4/c1-27(2,3)33-14-16(13-30)34-24(35)10-15-5-6-21(18(9-15)25(28)29)38-22-7-8-32-20-12-23(37-4)19(26(31)36)11-17(20)22/h5-9,11-14,25H,10,30H2,1-4H3,(H2,31,36)(H,34,35)/b16-13+,33-14?. The zero-order valence-electron chi connectivity index (χ0n) is 21.4. The Hall–Kier alpha value is -4.54. The summed E-state index contributed by atoms with van der Waals surface area (Å²) in [7, 11) is 1.39. The molecule has 0 fully saturated rings. The van der Waals surface area contributed by atoms with E-state index >= 15 is 0 Å². The minimum Gasteiger partial charge on any atom is -0.496 e. The van der Waals surface area contributed by atoms with Crippen molar-refractivity contribution in [2.75, 3.05) is 7.11 Å². The monoisotopic (exact) mass is 525 g/mol. The fraction of sp³-hybridized carbons (Fsp3) is 0.259. The van der Waals surface area contributed by atoms with Crippen molar-refractivity contribution in [1.82, 2.24) is 10.3 Å². The molecule has 0 aliphatic heterocycles. The van der Waals surface area contributed by atoms with Crippen LogP contribution in [0.15, 0.2) is 59.5 Å². The first kappa shape index (κ1) is 28.0. The highest BCUT2D eigenvalue weighted by molar-refractivity contribution is 6.01. The van der Waals surface area contributed by atoms with Gasteiger partial charge in [-0.15, -0.1) is 0 Å². The van der Waals surface area contributed by atoms with Crippen LogP contribution in [0.25, 0.3) is 10.9 Å². The number of aliphatic imine (C=N–C) groups is 1. The van der Waals surface area contributed by atoms with Crippen molar-refractivity contribution in [3.8, 4) is 17.2 Å². The number of halogens is 2. The van der Waals surface area contributed by atoms with E-state index in [1.165, 1.54) is 62.1 Å². The quantitative estimate of drug-likeness (QED) is 0.354. The number of carbonyl (C=O) groups is 2. The third kappa shape index (κ3) is 7.02. The molecule has 0 aliphatic rings. The van der Waals surface area contributed by atoms with Gasteiger partial charge in [0.15, 0.2) is 0 Å². The molecular weight excluding hydrogens is 496 g/mol. The molecule has 0 saturated carbocycles. The Morgan fingerprint density at radius 1 is 1.13 bits per heavy atom. The van der Waals surface area contributed by atoms with Crippen LogP contribution in [0.5, 0.6) is 17.2 Å². The summed E-state index contributed by atoms with van der Waals surface area (Å²) in [6, 6.07) is 8.50. The summed E-state index contributed by atoms with van der Waals surface area (Å²) < 4.78 is 39.0. The number of nitrogens with two attached hydrogens (primary N) is 2. The van der Waals surface area contributed by atoms with Gasteiger partial charge in [-0.05, 0) is 50.6 Å². The molecule has 0 atom stereocenters. The molecule has 2 aromatic carbocycles. The topological polar surface area (TPSA) is 142 Å². The first-order valence-electron chi connectivity index (χ1n) is 11.5. The van der Waals surface area contributed by atoms with Crippen LogP contribution in [0.2, 0.25) is 0 Å². The van der Waals surface area contributed by atoms with E-state index in [9.17, 15) is 18.4 Å². The van der Waals surface area contributed by atoms with E-state index in [1.807, 2.05) is 20.8 Å². The maximum Gasteiger partial charge on any atom is 0.267 e. The Kier molecular flexibility index (Phi) is 8.61. The van der Waals surface area contributed by atoms with Gasteiger partial charge in [-0.2, -0.15) is 0 Å². The van der Waals surface area contributed by atoms with Gasteiger partial charge >= 0.3 is 0 Å². The van der Waals surface area contributed by atoms with Gasteiger partial charge in [0.1, 0.15) is 17.2 Å². The number of allylic oxidation sites excluding steroid dienone is 1. The van der Waals surface area contributed by atoms with Gasteiger partial charge in [0.25, 0.3) is 12.3 Å². The van der Waals surface area contributed by atoms with Crippen molar-refractivity contribution in [3.63, 3.8) is 0 Å². The van der Waals surface area contributed by atoms with E-state index in [-0.39, 0.29) is 40.5 Å². The minimum absolute atomic E-state index is 0.0896. The van der Waals surface area contributed by atoms with Gasteiger partial charge < -0.3 is 26.3 Å². The van der Waals surface area contributed by atoms with E-state index in [0.29, 0.717) is 16.5 Å². The average Bonchev–Trinajstić information content (AvgIpc) is 2.85. The van der Waals surface area contributed by atoms with Gasteiger partial charge in [-0.1, -0.05) is 6.07 Å². The lowest BCUT2D eigenvalue weighted by atomic mass is 10.1. The molecule has 38 heavy (non-hydrogen) atoms. The van der Waals surface area contributed by atoms with E-state index in [2.05, 4.69) is 15.3 Å². The van der Waals surface area contributed by atoms with Crippen LogP contribution >= 0.6 is 0 Å². The number of primary amides is 1. The van der Waals surface area contributed by atoms with E-state index in [4.69, 9.17) is 20.9 Å². The second kappa shape index (κ2) is 11.7. The molecule has 2 amide bonds. The molecule has 3 rings (SSSR count). The second-order valence-corrected chi connectivity index (χ2v) is 9.29. The molecule has 0 spiro atoms. The first-order chi connectivity index (χ1) is 17.9. The summed E-state index contributed by atoms with van der Waals surface area (Å²) >= 11 is 0. The number of fused-ring (bicyclic) bond motifs is 1. The highest BCUT2D eigenvalue weighted by Crippen LogP contribution is 2.37. The maximum absolute atomic E-state index is 14.0. The molecular formula is C27H29F2N5O4. The highest BCUT2D eigenvalue weighted by atomic mass is 19.3. The largest absolute Gasteiger partial charge is 0.496 e. The Morgan fingerprint density at radius 2 is 1.87 bits per heavy atom. The normalized spacial score (nSPS) is 12.2. The zero-order chi connectivity index (χ0) is 28.0. The summed E-state index contributed by atoms with van der Waals surface area (Å²) in [5.41, 5.74) is 11.4. The van der Waals surface area contributed by atoms with Crippen LogP contribution in [0.4, 0.5) is 8.78 Å². The number of nitrogens with one attached hydrogen (secondary N) is 1. The lowest BCUT2D eigenvalue weighted by Gasteiger charge is -2.15. The van der Waals surface area contributed by atoms with Gasteiger partial charge in [-0.25, -0.2) is 8.78 Å². The van der Waals surface area contributed by atoms with Crippen molar-refractivity contribution in [3.05, 3.63) is 71.2 Å². The van der Waals surface area contributed by atoms with Crippen LogP contribution < -0.4 is 26.3 Å². The Labute approximate surface area is 218 Å². The van der Waals surface area contributed by atoms with E-state index < -0.39 is 23.8 Å². The molecule has 3 aromatic rings. The van der Waals surface area contributed by atoms with Gasteiger partial charge in [-0.3, -0.25) is 19.6 Å². The molecule has 0 radical (unpaired) electrons. The summed E-state index contributed by atoms with van der Waals surface area (Å²) in [6.07, 6.45) is 1.01. The van der Waals surface area contributed by atoms with Crippen molar-refractivity contribution in [2.24, 2.45) is 16.5 Å². The molecule has 1 heterocycles. The first-order valence-corrected chi connectivity index (χ1v) is 11.5. The maximum atomic E-state index is 14.0. The number of methoxy groups -OCH3 is 1. The molecule has 0 bridgehead atoms. The van der Waals surface area contributed by atoms with Crippen LogP contribution in [-0.2, 0) is 11.2 Å². The SMILES string of the molecule is COc1cc2nccc(Oc3ccc(CC(=O)N/C(C=NC(C)(C)C)=C/N)cc3C(F)F)c2cc1C(N)=O. The predicted molar refractivity (Wildman–Crippen MR) is 141 cm³/mol. The summed E-state index contributed by atoms with van der Waals surface area (Å²) in [5, 5.41) is 2.99. The minimum atomic E-state index is -2.89. The Morgan fingerprint density at radius 3 is 2.47 bits per heavy atom. The van der Waals surface area contributed by atoms with Gasteiger partial charge in [0.2, 0.25) is 5.91 Å². The molecule has 0 saturated heterocycles. The van der Waals surface area contributed by atoms with Gasteiger partial charge in [0.05, 0.1) is 41.4 Å². The molecule has 9 nitrogen and oxygen atoms in total. The van der Waals surface area contributed by atoms with E-state index in [1.54, 1.807) is 0 Å². The molecule has 200 valence electrons. The molecule has 11 heteroatoms. The third-order valence-corrected chi connectivity index (χ3v) is 5.24. The van der Waals surface area contributed by atoms with Crippen LogP contribution in [0, 0.1) is 0 Å².